The van der Waals surface area contributed by atoms with Crippen LogP contribution in [-0.4, -0.2) is 26.2 Å². The minimum Gasteiger partial charge on any atom is -0.497 e. The zero-order chi connectivity index (χ0) is 19.6. The van der Waals surface area contributed by atoms with Gasteiger partial charge in [0.2, 0.25) is 5.91 Å². The van der Waals surface area contributed by atoms with Crippen molar-refractivity contribution in [3.63, 3.8) is 0 Å². The predicted molar refractivity (Wildman–Crippen MR) is 102 cm³/mol. The molecule has 0 aliphatic carbocycles. The van der Waals surface area contributed by atoms with Gasteiger partial charge in [-0.25, -0.2) is 0 Å². The van der Waals surface area contributed by atoms with E-state index in [0.717, 1.165) is 22.4 Å². The van der Waals surface area contributed by atoms with E-state index < -0.39 is 0 Å². The molecule has 0 saturated carbocycles. The number of nitriles is 1. The van der Waals surface area contributed by atoms with Crippen LogP contribution in [0, 0.1) is 25.2 Å². The van der Waals surface area contributed by atoms with Gasteiger partial charge in [-0.1, -0.05) is 18.2 Å². The second kappa shape index (κ2) is 10.1. The summed E-state index contributed by atoms with van der Waals surface area (Å²) in [5.74, 6) is 1.82. The Labute approximate surface area is 159 Å². The van der Waals surface area contributed by atoms with Crippen molar-refractivity contribution in [3.05, 3.63) is 53.1 Å². The van der Waals surface area contributed by atoms with Gasteiger partial charge < -0.3 is 19.5 Å². The summed E-state index contributed by atoms with van der Waals surface area (Å²) in [7, 11) is 1.58. The van der Waals surface area contributed by atoms with E-state index in [0.29, 0.717) is 24.7 Å². The highest BCUT2D eigenvalue weighted by Gasteiger charge is 2.09. The lowest BCUT2D eigenvalue weighted by molar-refractivity contribution is -0.120. The number of hydrogen-bond acceptors (Lipinski definition) is 5. The molecule has 2 rings (SSSR count). The first-order valence-electron chi connectivity index (χ1n) is 8.67. The highest BCUT2D eigenvalue weighted by molar-refractivity contribution is 5.78. The third-order valence-corrected chi connectivity index (χ3v) is 3.99. The number of carbonyl (C=O) groups is 1. The molecular weight excluding hydrogens is 344 g/mol. The maximum absolute atomic E-state index is 11.5. The molecule has 0 radical (unpaired) electrons. The molecule has 27 heavy (non-hydrogen) atoms. The molecule has 0 atom stereocenters. The van der Waals surface area contributed by atoms with Crippen LogP contribution in [0.15, 0.2) is 36.4 Å². The molecule has 6 heteroatoms. The first kappa shape index (κ1) is 20.1. The zero-order valence-electron chi connectivity index (χ0n) is 15.9. The van der Waals surface area contributed by atoms with Crippen LogP contribution < -0.4 is 19.5 Å². The standard InChI is InChI=1S/C21H24N2O4/c1-15-5-4-6-16(2)21(15)27-12-11-26-19-13-18(25-3)8-7-17(19)14-23-20(24)9-10-22/h4-8,13H,9,11-12,14H2,1-3H3,(H,23,24). The number of hydrogen-bond donors (Lipinski definition) is 1. The summed E-state index contributed by atoms with van der Waals surface area (Å²) < 4.78 is 16.9. The van der Waals surface area contributed by atoms with Gasteiger partial charge in [0.15, 0.2) is 0 Å². The topological polar surface area (TPSA) is 80.6 Å². The molecule has 0 aliphatic heterocycles. The minimum absolute atomic E-state index is 0.171. The van der Waals surface area contributed by atoms with Crippen molar-refractivity contribution >= 4 is 5.91 Å². The second-order valence-electron chi connectivity index (χ2n) is 6.00. The average molecular weight is 368 g/mol. The van der Waals surface area contributed by atoms with Crippen molar-refractivity contribution in [2.45, 2.75) is 26.8 Å². The lowest BCUT2D eigenvalue weighted by atomic mass is 10.1. The third kappa shape index (κ3) is 5.93. The van der Waals surface area contributed by atoms with Crippen LogP contribution in [0.1, 0.15) is 23.1 Å². The van der Waals surface area contributed by atoms with Gasteiger partial charge in [-0.2, -0.15) is 5.26 Å². The molecule has 0 spiro atoms. The number of rotatable bonds is 9. The average Bonchev–Trinajstić information content (AvgIpc) is 2.66. The van der Waals surface area contributed by atoms with Crippen molar-refractivity contribution < 1.29 is 19.0 Å². The van der Waals surface area contributed by atoms with Crippen molar-refractivity contribution in [2.75, 3.05) is 20.3 Å². The number of ether oxygens (including phenoxy) is 3. The number of nitrogens with zero attached hydrogens (tertiary/aromatic N) is 1. The van der Waals surface area contributed by atoms with Crippen LogP contribution in [0.5, 0.6) is 17.2 Å². The minimum atomic E-state index is -0.322. The predicted octanol–water partition coefficient (Wildman–Crippen LogP) is 3.30. The summed E-state index contributed by atoms with van der Waals surface area (Å²) in [5.41, 5.74) is 2.96. The quantitative estimate of drug-likeness (QED) is 0.687. The van der Waals surface area contributed by atoms with E-state index in [1.54, 1.807) is 19.2 Å². The van der Waals surface area contributed by atoms with Crippen molar-refractivity contribution in [2.24, 2.45) is 0 Å². The van der Waals surface area contributed by atoms with Gasteiger partial charge in [0.25, 0.3) is 0 Å². The molecule has 2 aromatic rings. The normalized spacial score (nSPS) is 10.0. The number of methoxy groups -OCH3 is 1. The Hall–Kier alpha value is -3.20. The highest BCUT2D eigenvalue weighted by atomic mass is 16.5. The number of aryl methyl sites for hydroxylation is 2. The second-order valence-corrected chi connectivity index (χ2v) is 6.00. The van der Waals surface area contributed by atoms with Gasteiger partial charge in [0.1, 0.15) is 36.9 Å². The summed E-state index contributed by atoms with van der Waals surface area (Å²) in [6, 6.07) is 13.2. The Morgan fingerprint density at radius 3 is 2.48 bits per heavy atom. The molecule has 0 saturated heterocycles. The Morgan fingerprint density at radius 2 is 1.81 bits per heavy atom. The van der Waals surface area contributed by atoms with Crippen LogP contribution >= 0.6 is 0 Å². The highest BCUT2D eigenvalue weighted by Crippen LogP contribution is 2.25. The van der Waals surface area contributed by atoms with Crippen molar-refractivity contribution in [1.82, 2.24) is 5.32 Å². The summed E-state index contributed by atoms with van der Waals surface area (Å²) >= 11 is 0. The molecule has 1 amide bonds. The summed E-state index contributed by atoms with van der Waals surface area (Å²) in [6.07, 6.45) is -0.171. The van der Waals surface area contributed by atoms with E-state index in [-0.39, 0.29) is 18.9 Å². The SMILES string of the molecule is COc1ccc(CNC(=O)CC#N)c(OCCOc2c(C)cccc2C)c1. The van der Waals surface area contributed by atoms with E-state index in [1.807, 2.05) is 44.2 Å². The molecule has 6 nitrogen and oxygen atoms in total. The molecule has 0 heterocycles. The van der Waals surface area contributed by atoms with E-state index in [4.69, 9.17) is 19.5 Å². The van der Waals surface area contributed by atoms with Gasteiger partial charge in [0, 0.05) is 18.2 Å². The first-order valence-corrected chi connectivity index (χ1v) is 8.67. The fraction of sp³-hybridized carbons (Fsp3) is 0.333. The number of nitrogens with one attached hydrogen (secondary N) is 1. The lowest BCUT2D eigenvalue weighted by Crippen LogP contribution is -2.22. The fourth-order valence-corrected chi connectivity index (χ4v) is 2.59. The first-order chi connectivity index (χ1) is 13.0. The van der Waals surface area contributed by atoms with Crippen molar-refractivity contribution in [1.29, 1.82) is 5.26 Å². The molecule has 0 fully saturated rings. The van der Waals surface area contributed by atoms with Gasteiger partial charge in [-0.15, -0.1) is 0 Å². The summed E-state index contributed by atoms with van der Waals surface area (Å²) in [4.78, 5) is 11.5. The number of amides is 1. The molecule has 1 N–H and O–H groups in total. The maximum atomic E-state index is 11.5. The Bertz CT molecular complexity index is 807. The van der Waals surface area contributed by atoms with Crippen LogP contribution in [0.4, 0.5) is 0 Å². The number of para-hydroxylation sites is 1. The molecule has 0 aliphatic rings. The van der Waals surface area contributed by atoms with E-state index in [1.165, 1.54) is 0 Å². The smallest absolute Gasteiger partial charge is 0.234 e. The van der Waals surface area contributed by atoms with Gasteiger partial charge in [0.05, 0.1) is 13.2 Å². The number of benzene rings is 2. The Kier molecular flexibility index (Phi) is 7.50. The molecule has 2 aromatic carbocycles. The third-order valence-electron chi connectivity index (χ3n) is 3.99. The zero-order valence-corrected chi connectivity index (χ0v) is 15.9. The summed E-state index contributed by atoms with van der Waals surface area (Å²) in [5, 5.41) is 11.3. The fourth-order valence-electron chi connectivity index (χ4n) is 2.59. The van der Waals surface area contributed by atoms with Gasteiger partial charge >= 0.3 is 0 Å². The van der Waals surface area contributed by atoms with E-state index in [2.05, 4.69) is 5.32 Å². The molecule has 0 bridgehead atoms. The van der Waals surface area contributed by atoms with Crippen LogP contribution in [-0.2, 0) is 11.3 Å². The van der Waals surface area contributed by atoms with Crippen LogP contribution in [0.25, 0.3) is 0 Å². The molecule has 0 aromatic heterocycles. The van der Waals surface area contributed by atoms with Crippen LogP contribution in [0.2, 0.25) is 0 Å². The molecule has 0 unspecified atom stereocenters. The van der Waals surface area contributed by atoms with E-state index in [9.17, 15) is 4.79 Å². The maximum Gasteiger partial charge on any atom is 0.234 e. The van der Waals surface area contributed by atoms with E-state index >= 15 is 0 Å². The Balaban J connectivity index is 1.97. The number of carbonyl (C=O) groups excluding carboxylic acids is 1. The van der Waals surface area contributed by atoms with Crippen molar-refractivity contribution in [3.8, 4) is 23.3 Å². The largest absolute Gasteiger partial charge is 0.497 e. The van der Waals surface area contributed by atoms with Gasteiger partial charge in [-0.3, -0.25) is 4.79 Å². The molecule has 142 valence electrons. The van der Waals surface area contributed by atoms with Gasteiger partial charge in [-0.05, 0) is 37.1 Å². The lowest BCUT2D eigenvalue weighted by Gasteiger charge is -2.15. The van der Waals surface area contributed by atoms with Crippen LogP contribution in [0.3, 0.4) is 0 Å². The molecular formula is C21H24N2O4. The Morgan fingerprint density at radius 1 is 1.11 bits per heavy atom. The summed E-state index contributed by atoms with van der Waals surface area (Å²) in [6.45, 7) is 5.03. The monoisotopic (exact) mass is 368 g/mol.